The number of nitrogens with two attached hydrogens (primary N) is 1. The normalized spacial score (nSPS) is 39.3. The highest BCUT2D eigenvalue weighted by molar-refractivity contribution is 5.32. The Labute approximate surface area is 137 Å². The van der Waals surface area contributed by atoms with Gasteiger partial charge in [-0.15, -0.1) is 5.11 Å². The minimum atomic E-state index is -4.55. The van der Waals surface area contributed by atoms with E-state index in [4.69, 9.17) is 15.2 Å². The van der Waals surface area contributed by atoms with Crippen LogP contribution in [0.15, 0.2) is 21.7 Å². The van der Waals surface area contributed by atoms with Gasteiger partial charge in [0.15, 0.2) is 6.04 Å². The van der Waals surface area contributed by atoms with E-state index in [1.165, 1.54) is 0 Å². The summed E-state index contributed by atoms with van der Waals surface area (Å²) in [5.41, 5.74) is 5.86. The van der Waals surface area contributed by atoms with Gasteiger partial charge in [0.05, 0.1) is 17.6 Å². The van der Waals surface area contributed by atoms with Gasteiger partial charge >= 0.3 is 6.18 Å². The van der Waals surface area contributed by atoms with E-state index in [2.05, 4.69) is 10.2 Å². The van der Waals surface area contributed by atoms with Crippen molar-refractivity contribution in [1.29, 1.82) is 5.26 Å². The van der Waals surface area contributed by atoms with E-state index in [0.29, 0.717) is 6.42 Å². The third kappa shape index (κ3) is 2.73. The third-order valence-electron chi connectivity index (χ3n) is 5.23. The molecule has 5 unspecified atom stereocenters. The van der Waals surface area contributed by atoms with Crippen LogP contribution in [0.5, 0.6) is 0 Å². The molecule has 2 aliphatic heterocycles. The molecule has 3 rings (SSSR count). The Morgan fingerprint density at radius 2 is 2.00 bits per heavy atom. The van der Waals surface area contributed by atoms with Crippen LogP contribution in [0.25, 0.3) is 0 Å². The van der Waals surface area contributed by atoms with Crippen LogP contribution in [0.3, 0.4) is 0 Å². The summed E-state index contributed by atoms with van der Waals surface area (Å²) in [4.78, 5) is 0. The van der Waals surface area contributed by atoms with Gasteiger partial charge in [-0.25, -0.2) is 0 Å². The van der Waals surface area contributed by atoms with Gasteiger partial charge in [-0.1, -0.05) is 12.8 Å². The van der Waals surface area contributed by atoms with Gasteiger partial charge in [-0.05, 0) is 18.8 Å². The third-order valence-corrected chi connectivity index (χ3v) is 5.23. The average Bonchev–Trinajstić information content (AvgIpc) is 2.97. The number of methoxy groups -OCH3 is 1. The van der Waals surface area contributed by atoms with Crippen molar-refractivity contribution in [2.45, 2.75) is 50.2 Å². The van der Waals surface area contributed by atoms with Crippen LogP contribution in [-0.4, -0.2) is 31.7 Å². The SMILES string of the molecule is COC1CCCCC1[C@@H]1C(C#N)=C(N)OC2N=NC(C(F)(F)F)C21. The van der Waals surface area contributed by atoms with Crippen LogP contribution in [0.2, 0.25) is 0 Å². The van der Waals surface area contributed by atoms with E-state index in [-0.39, 0.29) is 23.5 Å². The number of allylic oxidation sites excluding steroid dienone is 1. The van der Waals surface area contributed by atoms with E-state index >= 15 is 0 Å². The standard InChI is InChI=1S/C15H19F3N4O2/c1-23-9-5-3-2-4-7(9)10-8(6-19)13(20)24-14-11(10)12(21-22-14)15(16,17)18/h7,9-12,14H,2-5,20H2,1H3/t7?,9?,10-,11?,12?,14?/m1/s1. The predicted octanol–water partition coefficient (Wildman–Crippen LogP) is 2.87. The molecule has 1 saturated carbocycles. The minimum Gasteiger partial charge on any atom is -0.451 e. The number of azo groups is 1. The molecule has 6 atom stereocenters. The lowest BCUT2D eigenvalue weighted by molar-refractivity contribution is -0.171. The molecule has 1 fully saturated rings. The highest BCUT2D eigenvalue weighted by Gasteiger charge is 2.59. The number of halogens is 3. The largest absolute Gasteiger partial charge is 0.451 e. The van der Waals surface area contributed by atoms with Gasteiger partial charge in [-0.3, -0.25) is 0 Å². The smallest absolute Gasteiger partial charge is 0.413 e. The summed E-state index contributed by atoms with van der Waals surface area (Å²) in [6, 6.07) is -0.0292. The van der Waals surface area contributed by atoms with Crippen molar-refractivity contribution in [2.75, 3.05) is 7.11 Å². The van der Waals surface area contributed by atoms with E-state index < -0.39 is 30.3 Å². The van der Waals surface area contributed by atoms with Gasteiger partial charge in [0.1, 0.15) is 6.07 Å². The molecule has 0 aromatic rings. The zero-order valence-corrected chi connectivity index (χ0v) is 13.2. The zero-order chi connectivity index (χ0) is 17.5. The zero-order valence-electron chi connectivity index (χ0n) is 13.2. The first kappa shape index (κ1) is 17.0. The van der Waals surface area contributed by atoms with Crippen LogP contribution in [0.1, 0.15) is 25.7 Å². The molecule has 2 heterocycles. The van der Waals surface area contributed by atoms with Crippen molar-refractivity contribution in [2.24, 2.45) is 33.7 Å². The number of hydrogen-bond acceptors (Lipinski definition) is 6. The molecule has 1 aliphatic carbocycles. The predicted molar refractivity (Wildman–Crippen MR) is 76.1 cm³/mol. The highest BCUT2D eigenvalue weighted by Crippen LogP contribution is 2.51. The molecule has 0 spiro atoms. The van der Waals surface area contributed by atoms with Crippen LogP contribution in [-0.2, 0) is 9.47 Å². The molecule has 24 heavy (non-hydrogen) atoms. The van der Waals surface area contributed by atoms with Crippen molar-refractivity contribution in [3.8, 4) is 6.07 Å². The minimum absolute atomic E-state index is 0.0618. The molecule has 0 radical (unpaired) electrons. The summed E-state index contributed by atoms with van der Waals surface area (Å²) in [5.74, 6) is -2.18. The molecule has 3 aliphatic rings. The van der Waals surface area contributed by atoms with Crippen molar-refractivity contribution in [3.63, 3.8) is 0 Å². The molecule has 0 aromatic heterocycles. The monoisotopic (exact) mass is 344 g/mol. The Morgan fingerprint density at radius 3 is 2.62 bits per heavy atom. The second-order valence-corrected chi connectivity index (χ2v) is 6.44. The number of rotatable bonds is 2. The first-order chi connectivity index (χ1) is 11.4. The Bertz CT molecular complexity index is 599. The molecular weight excluding hydrogens is 325 g/mol. The first-order valence-corrected chi connectivity index (χ1v) is 7.94. The molecule has 6 nitrogen and oxygen atoms in total. The fraction of sp³-hybridized carbons (Fsp3) is 0.800. The number of nitrogens with zero attached hydrogens (tertiary/aromatic N) is 3. The van der Waals surface area contributed by atoms with E-state index in [1.54, 1.807) is 7.11 Å². The van der Waals surface area contributed by atoms with Crippen molar-refractivity contribution in [1.82, 2.24) is 0 Å². The molecule has 0 aromatic carbocycles. The fourth-order valence-corrected chi connectivity index (χ4v) is 4.22. The lowest BCUT2D eigenvalue weighted by Gasteiger charge is -2.43. The molecule has 0 amide bonds. The van der Waals surface area contributed by atoms with Gasteiger partial charge in [0, 0.05) is 13.0 Å². The summed E-state index contributed by atoms with van der Waals surface area (Å²) >= 11 is 0. The Kier molecular flexibility index (Phi) is 4.42. The lowest BCUT2D eigenvalue weighted by Crippen LogP contribution is -2.50. The second kappa shape index (κ2) is 6.24. The van der Waals surface area contributed by atoms with Gasteiger partial charge < -0.3 is 15.2 Å². The average molecular weight is 344 g/mol. The lowest BCUT2D eigenvalue weighted by atomic mass is 9.66. The molecule has 9 heteroatoms. The van der Waals surface area contributed by atoms with E-state index in [9.17, 15) is 18.4 Å². The molecule has 0 bridgehead atoms. The molecule has 2 N–H and O–H groups in total. The van der Waals surface area contributed by atoms with Crippen LogP contribution < -0.4 is 5.73 Å². The maximum Gasteiger partial charge on any atom is 0.413 e. The Hall–Kier alpha value is -1.82. The maximum absolute atomic E-state index is 13.4. The first-order valence-electron chi connectivity index (χ1n) is 7.94. The second-order valence-electron chi connectivity index (χ2n) is 6.44. The molecule has 0 saturated heterocycles. The number of hydrogen-bond donors (Lipinski definition) is 1. The van der Waals surface area contributed by atoms with Gasteiger partial charge in [-0.2, -0.15) is 23.5 Å². The summed E-state index contributed by atoms with van der Waals surface area (Å²) in [6.45, 7) is 0. The highest BCUT2D eigenvalue weighted by atomic mass is 19.4. The number of nitriles is 1. The molecule has 132 valence electrons. The van der Waals surface area contributed by atoms with Crippen LogP contribution in [0.4, 0.5) is 13.2 Å². The van der Waals surface area contributed by atoms with Gasteiger partial charge in [0.25, 0.3) is 0 Å². The van der Waals surface area contributed by atoms with Crippen LogP contribution >= 0.6 is 0 Å². The number of alkyl halides is 3. The topological polar surface area (TPSA) is 93.0 Å². The maximum atomic E-state index is 13.4. The summed E-state index contributed by atoms with van der Waals surface area (Å²) in [7, 11) is 1.55. The Morgan fingerprint density at radius 1 is 1.29 bits per heavy atom. The fourth-order valence-electron chi connectivity index (χ4n) is 4.22. The van der Waals surface area contributed by atoms with E-state index in [1.807, 2.05) is 6.07 Å². The van der Waals surface area contributed by atoms with E-state index in [0.717, 1.165) is 19.3 Å². The number of fused-ring (bicyclic) bond motifs is 1. The Balaban J connectivity index is 2.03. The molecular formula is C15H19F3N4O2. The summed E-state index contributed by atoms with van der Waals surface area (Å²) < 4.78 is 51.0. The summed E-state index contributed by atoms with van der Waals surface area (Å²) in [6.07, 6.45) is -2.61. The van der Waals surface area contributed by atoms with Gasteiger partial charge in [0.2, 0.25) is 12.1 Å². The summed E-state index contributed by atoms with van der Waals surface area (Å²) in [5, 5.41) is 16.5. The van der Waals surface area contributed by atoms with Crippen molar-refractivity contribution >= 4 is 0 Å². The number of ether oxygens (including phenoxy) is 2. The van der Waals surface area contributed by atoms with Crippen molar-refractivity contribution < 1.29 is 22.6 Å². The van der Waals surface area contributed by atoms with Crippen LogP contribution in [0, 0.1) is 29.1 Å². The van der Waals surface area contributed by atoms with Crippen molar-refractivity contribution in [3.05, 3.63) is 11.5 Å². The quantitative estimate of drug-likeness (QED) is 0.833.